The number of aliphatic hydroxyl groups excluding tert-OH is 1. The summed E-state index contributed by atoms with van der Waals surface area (Å²) >= 11 is 0. The van der Waals surface area contributed by atoms with Gasteiger partial charge in [0.25, 0.3) is 0 Å². The Morgan fingerprint density at radius 3 is 2.83 bits per heavy atom. The van der Waals surface area contributed by atoms with E-state index in [1.54, 1.807) is 11.9 Å². The number of rotatable bonds is 2. The molecular weight excluding hydrogens is 156 g/mol. The minimum Gasteiger partial charge on any atom is -0.392 e. The second kappa shape index (κ2) is 2.44. The van der Waals surface area contributed by atoms with Crippen molar-refractivity contribution in [3.8, 4) is 0 Å². The van der Waals surface area contributed by atoms with Crippen LogP contribution in [0.2, 0.25) is 0 Å². The first-order chi connectivity index (χ1) is 5.61. The Hall–Kier alpha value is -0.610. The fourth-order valence-electron chi connectivity index (χ4n) is 1.62. The van der Waals surface area contributed by atoms with Gasteiger partial charge in [0.2, 0.25) is 5.91 Å². The van der Waals surface area contributed by atoms with Crippen LogP contribution in [0.15, 0.2) is 0 Å². The van der Waals surface area contributed by atoms with Gasteiger partial charge < -0.3 is 5.11 Å². The number of carbonyl (C=O) groups excluding carboxylic acids is 1. The molecule has 0 bridgehead atoms. The molecule has 12 heavy (non-hydrogen) atoms. The number of hydrogen-bond acceptors (Lipinski definition) is 3. The van der Waals surface area contributed by atoms with Crippen LogP contribution in [-0.2, 0) is 4.79 Å². The maximum Gasteiger partial charge on any atom is 0.238 e. The fraction of sp³-hybridized carbons (Fsp3) is 0.875. The van der Waals surface area contributed by atoms with Crippen molar-refractivity contribution in [2.24, 2.45) is 0 Å². The molecule has 1 unspecified atom stereocenters. The highest BCUT2D eigenvalue weighted by atomic mass is 16.3. The van der Waals surface area contributed by atoms with E-state index in [0.717, 1.165) is 12.8 Å². The van der Waals surface area contributed by atoms with Gasteiger partial charge in [0.05, 0.1) is 12.6 Å². The van der Waals surface area contributed by atoms with E-state index in [4.69, 9.17) is 5.11 Å². The van der Waals surface area contributed by atoms with Crippen molar-refractivity contribution in [2.45, 2.75) is 37.8 Å². The van der Waals surface area contributed by atoms with Gasteiger partial charge in [-0.3, -0.25) is 9.80 Å². The molecule has 1 amide bonds. The van der Waals surface area contributed by atoms with E-state index in [-0.39, 0.29) is 11.4 Å². The van der Waals surface area contributed by atoms with Crippen LogP contribution < -0.4 is 5.43 Å². The first-order valence-corrected chi connectivity index (χ1v) is 4.38. The summed E-state index contributed by atoms with van der Waals surface area (Å²) in [6.45, 7) is 2.09. The molecule has 2 fully saturated rings. The Bertz CT molecular complexity index is 211. The Labute approximate surface area is 71.5 Å². The quantitative estimate of drug-likeness (QED) is 0.595. The summed E-state index contributed by atoms with van der Waals surface area (Å²) in [5.74, 6) is 0.119. The number of β-amino-alcohol motifs (C(OH)–C–C–N with tert-alkyl or cyclic N) is 1. The zero-order valence-corrected chi connectivity index (χ0v) is 7.21. The lowest BCUT2D eigenvalue weighted by Gasteiger charge is -2.18. The Morgan fingerprint density at radius 2 is 2.42 bits per heavy atom. The van der Waals surface area contributed by atoms with E-state index < -0.39 is 6.10 Å². The van der Waals surface area contributed by atoms with Crippen LogP contribution in [0.4, 0.5) is 0 Å². The van der Waals surface area contributed by atoms with Crippen LogP contribution >= 0.6 is 0 Å². The maximum absolute atomic E-state index is 11.3. The van der Waals surface area contributed by atoms with Crippen LogP contribution in [0.1, 0.15) is 26.2 Å². The average Bonchev–Trinajstić information content (AvgIpc) is 2.59. The van der Waals surface area contributed by atoms with Crippen LogP contribution in [-0.4, -0.2) is 34.2 Å². The molecule has 1 saturated carbocycles. The SMILES string of the molecule is CC(O)CN1NC2(CC2)CC1=O. The van der Waals surface area contributed by atoms with Crippen molar-refractivity contribution in [3.05, 3.63) is 0 Å². The van der Waals surface area contributed by atoms with E-state index in [1.807, 2.05) is 0 Å². The van der Waals surface area contributed by atoms with Gasteiger partial charge in [0.15, 0.2) is 0 Å². The molecule has 1 heterocycles. The second-order valence-electron chi connectivity index (χ2n) is 3.92. The van der Waals surface area contributed by atoms with Gasteiger partial charge in [0, 0.05) is 12.0 Å². The molecule has 1 atom stereocenters. The van der Waals surface area contributed by atoms with E-state index in [2.05, 4.69) is 5.43 Å². The largest absolute Gasteiger partial charge is 0.392 e. The summed E-state index contributed by atoms with van der Waals surface area (Å²) in [6.07, 6.45) is 2.35. The number of aliphatic hydroxyl groups is 1. The van der Waals surface area contributed by atoms with Crippen molar-refractivity contribution >= 4 is 5.91 Å². The molecule has 2 aliphatic rings. The number of carbonyl (C=O) groups is 1. The molecule has 1 aliphatic carbocycles. The molecule has 1 saturated heterocycles. The van der Waals surface area contributed by atoms with E-state index in [0.29, 0.717) is 13.0 Å². The standard InChI is InChI=1S/C8H14N2O2/c1-6(11)5-10-7(12)4-8(9-10)2-3-8/h6,9,11H,2-5H2,1H3. The average molecular weight is 170 g/mol. The second-order valence-corrected chi connectivity index (χ2v) is 3.92. The van der Waals surface area contributed by atoms with Crippen molar-refractivity contribution in [3.63, 3.8) is 0 Å². The van der Waals surface area contributed by atoms with Crippen LogP contribution in [0, 0.1) is 0 Å². The van der Waals surface area contributed by atoms with Crippen molar-refractivity contribution < 1.29 is 9.90 Å². The fourth-order valence-corrected chi connectivity index (χ4v) is 1.62. The molecule has 1 spiro atoms. The number of hydrazine groups is 1. The molecule has 2 rings (SSSR count). The zero-order valence-electron chi connectivity index (χ0n) is 7.21. The van der Waals surface area contributed by atoms with E-state index >= 15 is 0 Å². The smallest absolute Gasteiger partial charge is 0.238 e. The minimum atomic E-state index is -0.449. The highest BCUT2D eigenvalue weighted by molar-refractivity contribution is 5.80. The normalized spacial score (nSPS) is 28.2. The summed E-state index contributed by atoms with van der Waals surface area (Å²) in [5, 5.41) is 10.6. The summed E-state index contributed by atoms with van der Waals surface area (Å²) in [7, 11) is 0. The summed E-state index contributed by atoms with van der Waals surface area (Å²) in [4.78, 5) is 11.3. The molecule has 0 aromatic carbocycles. The number of amides is 1. The molecule has 4 heteroatoms. The van der Waals surface area contributed by atoms with Gasteiger partial charge >= 0.3 is 0 Å². The predicted octanol–water partition coefficient (Wildman–Crippen LogP) is -0.363. The Balaban J connectivity index is 1.95. The molecule has 68 valence electrons. The van der Waals surface area contributed by atoms with Crippen molar-refractivity contribution in [1.29, 1.82) is 0 Å². The molecule has 4 nitrogen and oxygen atoms in total. The summed E-state index contributed by atoms with van der Waals surface area (Å²) < 4.78 is 0. The van der Waals surface area contributed by atoms with Crippen LogP contribution in [0.5, 0.6) is 0 Å². The third-order valence-corrected chi connectivity index (χ3v) is 2.46. The molecule has 0 aromatic heterocycles. The first kappa shape index (κ1) is 8.01. The Kier molecular flexibility index (Phi) is 1.63. The van der Waals surface area contributed by atoms with Crippen molar-refractivity contribution in [2.75, 3.05) is 6.54 Å². The third-order valence-electron chi connectivity index (χ3n) is 2.46. The topological polar surface area (TPSA) is 52.6 Å². The minimum absolute atomic E-state index is 0.0893. The molecule has 1 aliphatic heterocycles. The van der Waals surface area contributed by atoms with E-state index in [9.17, 15) is 4.79 Å². The monoisotopic (exact) mass is 170 g/mol. The summed E-state index contributed by atoms with van der Waals surface area (Å²) in [6, 6.07) is 0. The predicted molar refractivity (Wildman–Crippen MR) is 43.1 cm³/mol. The van der Waals surface area contributed by atoms with Gasteiger partial charge in [-0.25, -0.2) is 5.43 Å². The molecule has 2 N–H and O–H groups in total. The summed E-state index contributed by atoms with van der Waals surface area (Å²) in [5.41, 5.74) is 3.24. The van der Waals surface area contributed by atoms with Gasteiger partial charge in [0.1, 0.15) is 0 Å². The lowest BCUT2D eigenvalue weighted by Crippen LogP contribution is -2.42. The van der Waals surface area contributed by atoms with Gasteiger partial charge in [-0.15, -0.1) is 0 Å². The molecular formula is C8H14N2O2. The number of nitrogens with zero attached hydrogens (tertiary/aromatic N) is 1. The number of hydrogen-bond donors (Lipinski definition) is 2. The van der Waals surface area contributed by atoms with Crippen LogP contribution in [0.25, 0.3) is 0 Å². The molecule has 0 radical (unpaired) electrons. The van der Waals surface area contributed by atoms with E-state index in [1.165, 1.54) is 0 Å². The highest BCUT2D eigenvalue weighted by Crippen LogP contribution is 2.42. The lowest BCUT2D eigenvalue weighted by atomic mass is 10.2. The maximum atomic E-state index is 11.3. The van der Waals surface area contributed by atoms with Gasteiger partial charge in [-0.2, -0.15) is 0 Å². The Morgan fingerprint density at radius 1 is 1.75 bits per heavy atom. The van der Waals surface area contributed by atoms with Gasteiger partial charge in [-0.1, -0.05) is 0 Å². The highest BCUT2D eigenvalue weighted by Gasteiger charge is 2.51. The van der Waals surface area contributed by atoms with Crippen LogP contribution in [0.3, 0.4) is 0 Å². The number of nitrogens with one attached hydrogen (secondary N) is 1. The van der Waals surface area contributed by atoms with Crippen molar-refractivity contribution in [1.82, 2.24) is 10.4 Å². The first-order valence-electron chi connectivity index (χ1n) is 4.38. The van der Waals surface area contributed by atoms with Gasteiger partial charge in [-0.05, 0) is 19.8 Å². The lowest BCUT2D eigenvalue weighted by molar-refractivity contribution is -0.130. The third kappa shape index (κ3) is 1.32. The zero-order chi connectivity index (χ0) is 8.77. The molecule has 0 aromatic rings.